The number of nitrogens with one attached hydrogen (secondary N) is 2. The predicted octanol–water partition coefficient (Wildman–Crippen LogP) is 3.10. The third-order valence-corrected chi connectivity index (χ3v) is 8.33. The highest BCUT2D eigenvalue weighted by Crippen LogP contribution is 2.30. The van der Waals surface area contributed by atoms with Gasteiger partial charge < -0.3 is 15.1 Å². The molecule has 34 heavy (non-hydrogen) atoms. The van der Waals surface area contributed by atoms with Gasteiger partial charge in [0.05, 0.1) is 6.54 Å². The van der Waals surface area contributed by atoms with Crippen LogP contribution in [-0.2, 0) is 9.59 Å². The molecule has 8 nitrogen and oxygen atoms in total. The number of hydrogen-bond acceptors (Lipinski definition) is 8. The van der Waals surface area contributed by atoms with E-state index < -0.39 is 6.04 Å². The Bertz CT molecular complexity index is 740. The summed E-state index contributed by atoms with van der Waals surface area (Å²) >= 11 is 6.12. The number of hydrogen-bond donors (Lipinski definition) is 3. The molecule has 192 valence electrons. The van der Waals surface area contributed by atoms with E-state index >= 15 is 0 Å². The standard InChI is InChI=1S/C24H42N6O2S2/c1-3-28(4-2)13-8-11-26-24(33)29-14-15-30(21(31)18-29)20(17-19-9-6-5-7-10-19)22(32)27-23-25-12-16-34-23/h12,16,19-20,24,26,33H,3-11,13-15,17-18H2,1-2H3,(H,25,27,32)/t20-,24?/m0/s1. The Morgan fingerprint density at radius 1 is 1.26 bits per heavy atom. The Morgan fingerprint density at radius 2 is 2.03 bits per heavy atom. The van der Waals surface area contributed by atoms with E-state index in [1.807, 2.05) is 5.38 Å². The Hall–Kier alpha value is -1.20. The lowest BCUT2D eigenvalue weighted by atomic mass is 9.84. The molecule has 3 rings (SSSR count). The lowest BCUT2D eigenvalue weighted by Crippen LogP contribution is -2.60. The Balaban J connectivity index is 1.54. The number of rotatable bonds is 13. The second-order valence-corrected chi connectivity index (χ2v) is 10.7. The Morgan fingerprint density at radius 3 is 2.68 bits per heavy atom. The van der Waals surface area contributed by atoms with E-state index in [1.54, 1.807) is 11.1 Å². The van der Waals surface area contributed by atoms with Crippen molar-refractivity contribution in [2.24, 2.45) is 5.92 Å². The molecule has 1 aromatic heterocycles. The molecule has 1 aliphatic carbocycles. The summed E-state index contributed by atoms with van der Waals surface area (Å²) in [6, 6.07) is -0.443. The van der Waals surface area contributed by atoms with E-state index in [-0.39, 0.29) is 23.9 Å². The van der Waals surface area contributed by atoms with Crippen LogP contribution in [0.4, 0.5) is 5.13 Å². The lowest BCUT2D eigenvalue weighted by molar-refractivity contribution is -0.144. The zero-order valence-electron chi connectivity index (χ0n) is 20.7. The zero-order chi connectivity index (χ0) is 24.3. The van der Waals surface area contributed by atoms with Gasteiger partial charge >= 0.3 is 0 Å². The van der Waals surface area contributed by atoms with Crippen LogP contribution in [0.1, 0.15) is 58.8 Å². The number of anilines is 1. The average Bonchev–Trinajstić information content (AvgIpc) is 3.36. The minimum atomic E-state index is -0.443. The van der Waals surface area contributed by atoms with Gasteiger partial charge in [-0.2, -0.15) is 0 Å². The molecule has 2 atom stereocenters. The number of nitrogens with zero attached hydrogens (tertiary/aromatic N) is 4. The number of carbonyl (C=O) groups excluding carboxylic acids is 2. The van der Waals surface area contributed by atoms with Crippen molar-refractivity contribution in [3.8, 4) is 0 Å². The first-order valence-electron chi connectivity index (χ1n) is 12.9. The van der Waals surface area contributed by atoms with Crippen LogP contribution in [0.25, 0.3) is 0 Å². The molecule has 10 heteroatoms. The molecule has 0 radical (unpaired) electrons. The summed E-state index contributed by atoms with van der Waals surface area (Å²) in [4.78, 5) is 36.9. The summed E-state index contributed by atoms with van der Waals surface area (Å²) in [5.74, 6) is 0.390. The minimum Gasteiger partial charge on any atom is -0.328 e. The van der Waals surface area contributed by atoms with Gasteiger partial charge in [0.1, 0.15) is 11.5 Å². The molecule has 0 spiro atoms. The van der Waals surface area contributed by atoms with Crippen LogP contribution in [0.15, 0.2) is 11.6 Å². The van der Waals surface area contributed by atoms with Gasteiger partial charge in [-0.3, -0.25) is 19.8 Å². The highest BCUT2D eigenvalue weighted by atomic mass is 32.1. The summed E-state index contributed by atoms with van der Waals surface area (Å²) in [6.07, 6.45) is 9.46. The van der Waals surface area contributed by atoms with Crippen LogP contribution in [0.3, 0.4) is 0 Å². The molecule has 1 saturated heterocycles. The molecule has 2 fully saturated rings. The third-order valence-electron chi connectivity index (χ3n) is 7.13. The summed E-state index contributed by atoms with van der Waals surface area (Å²) in [5, 5.41) is 8.83. The first-order chi connectivity index (χ1) is 16.5. The molecule has 1 aliphatic heterocycles. The quantitative estimate of drug-likeness (QED) is 0.215. The van der Waals surface area contributed by atoms with Crippen LogP contribution in [0.2, 0.25) is 0 Å². The second-order valence-electron chi connectivity index (χ2n) is 9.35. The van der Waals surface area contributed by atoms with E-state index in [2.05, 4.69) is 39.3 Å². The first kappa shape index (κ1) is 27.4. The fraction of sp³-hybridized carbons (Fsp3) is 0.792. The fourth-order valence-electron chi connectivity index (χ4n) is 5.03. The first-order valence-corrected chi connectivity index (χ1v) is 14.3. The number of thiazole rings is 1. The van der Waals surface area contributed by atoms with Crippen molar-refractivity contribution in [1.82, 2.24) is 25.0 Å². The van der Waals surface area contributed by atoms with Crippen LogP contribution in [0.5, 0.6) is 0 Å². The van der Waals surface area contributed by atoms with Gasteiger partial charge in [-0.1, -0.05) is 46.0 Å². The predicted molar refractivity (Wildman–Crippen MR) is 142 cm³/mol. The fourth-order valence-corrected chi connectivity index (χ4v) is 5.89. The summed E-state index contributed by atoms with van der Waals surface area (Å²) in [5.41, 5.74) is -0.163. The highest BCUT2D eigenvalue weighted by Gasteiger charge is 2.37. The lowest BCUT2D eigenvalue weighted by Gasteiger charge is -2.41. The number of thiol groups is 1. The molecular formula is C24H42N6O2S2. The smallest absolute Gasteiger partial charge is 0.248 e. The molecular weight excluding hydrogens is 468 g/mol. The van der Waals surface area contributed by atoms with Crippen molar-refractivity contribution in [3.05, 3.63) is 11.6 Å². The van der Waals surface area contributed by atoms with Crippen molar-refractivity contribution >= 4 is 40.9 Å². The van der Waals surface area contributed by atoms with Gasteiger partial charge in [0.2, 0.25) is 11.8 Å². The minimum absolute atomic E-state index is 0.00494. The van der Waals surface area contributed by atoms with E-state index in [0.717, 1.165) is 51.9 Å². The van der Waals surface area contributed by atoms with Crippen molar-refractivity contribution in [2.45, 2.75) is 70.3 Å². The van der Waals surface area contributed by atoms with Gasteiger partial charge in [-0.15, -0.1) is 24.0 Å². The van der Waals surface area contributed by atoms with E-state index in [1.165, 1.54) is 30.6 Å². The van der Waals surface area contributed by atoms with Crippen molar-refractivity contribution in [3.63, 3.8) is 0 Å². The molecule has 2 amide bonds. The average molecular weight is 511 g/mol. The zero-order valence-corrected chi connectivity index (χ0v) is 22.5. The monoisotopic (exact) mass is 510 g/mol. The van der Waals surface area contributed by atoms with Gasteiger partial charge in [0.15, 0.2) is 5.13 Å². The van der Waals surface area contributed by atoms with Crippen molar-refractivity contribution < 1.29 is 9.59 Å². The summed E-state index contributed by atoms with van der Waals surface area (Å²) < 4.78 is 0. The number of piperazine rings is 1. The number of aromatic nitrogens is 1. The molecule has 1 unspecified atom stereocenters. The molecule has 2 aliphatic rings. The van der Waals surface area contributed by atoms with Gasteiger partial charge in [-0.25, -0.2) is 4.98 Å². The molecule has 0 bridgehead atoms. The normalized spacial score (nSPS) is 20.0. The maximum atomic E-state index is 13.2. The van der Waals surface area contributed by atoms with Crippen LogP contribution >= 0.6 is 24.0 Å². The SMILES string of the molecule is CCN(CC)CCCNC(S)N1CCN([C@@H](CC2CCCCC2)C(=O)Nc2nccs2)C(=O)C1. The van der Waals surface area contributed by atoms with E-state index in [9.17, 15) is 9.59 Å². The number of carbonyl (C=O) groups is 2. The van der Waals surface area contributed by atoms with Gasteiger partial charge in [-0.05, 0) is 44.9 Å². The number of amides is 2. The molecule has 1 aromatic rings. The third kappa shape index (κ3) is 8.19. The van der Waals surface area contributed by atoms with Crippen LogP contribution in [-0.4, -0.2) is 88.9 Å². The summed E-state index contributed by atoms with van der Waals surface area (Å²) in [7, 11) is 0. The molecule has 2 N–H and O–H groups in total. The Kier molecular flexibility index (Phi) is 11.6. The topological polar surface area (TPSA) is 80.8 Å². The van der Waals surface area contributed by atoms with Crippen molar-refractivity contribution in [2.75, 3.05) is 51.1 Å². The Labute approximate surface area is 214 Å². The maximum Gasteiger partial charge on any atom is 0.248 e. The van der Waals surface area contributed by atoms with Gasteiger partial charge in [0, 0.05) is 24.7 Å². The molecule has 2 heterocycles. The van der Waals surface area contributed by atoms with E-state index in [4.69, 9.17) is 12.6 Å². The largest absolute Gasteiger partial charge is 0.328 e. The van der Waals surface area contributed by atoms with Crippen LogP contribution in [0, 0.1) is 5.92 Å². The van der Waals surface area contributed by atoms with E-state index in [0.29, 0.717) is 24.1 Å². The molecule has 1 saturated carbocycles. The summed E-state index contributed by atoms with van der Waals surface area (Å²) in [6.45, 7) is 9.94. The highest BCUT2D eigenvalue weighted by molar-refractivity contribution is 7.80. The van der Waals surface area contributed by atoms with Gasteiger partial charge in [0.25, 0.3) is 0 Å². The second kappa shape index (κ2) is 14.4. The van der Waals surface area contributed by atoms with Crippen molar-refractivity contribution in [1.29, 1.82) is 0 Å². The van der Waals surface area contributed by atoms with Crippen LogP contribution < -0.4 is 10.6 Å². The molecule has 0 aromatic carbocycles. The maximum absolute atomic E-state index is 13.2.